The average Bonchev–Trinajstić information content (AvgIpc) is 2.35. The summed E-state index contributed by atoms with van der Waals surface area (Å²) in [4.78, 5) is 11.4. The normalized spacial score (nSPS) is 10.2. The maximum Gasteiger partial charge on any atom is 0.250 e. The van der Waals surface area contributed by atoms with Gasteiger partial charge < -0.3 is 16.8 Å². The highest BCUT2D eigenvalue weighted by atomic mass is 127. The minimum absolute atomic E-state index is 0.329. The monoisotopic (exact) mass is 387 g/mol. The molecule has 0 radical (unpaired) electrons. The lowest BCUT2D eigenvalue weighted by atomic mass is 10.1. The van der Waals surface area contributed by atoms with Crippen molar-refractivity contribution in [2.75, 3.05) is 11.1 Å². The van der Waals surface area contributed by atoms with Gasteiger partial charge in [-0.05, 0) is 52.9 Å². The summed E-state index contributed by atoms with van der Waals surface area (Å²) in [5.74, 6) is -0.545. The predicted octanol–water partition coefficient (Wildman–Crippen LogP) is 3.37. The number of hydrogen-bond acceptors (Lipinski definition) is 3. The van der Waals surface area contributed by atoms with E-state index in [-0.39, 0.29) is 0 Å². The molecule has 0 bridgehead atoms. The fraction of sp³-hybridized carbons (Fsp3) is 0. The maximum absolute atomic E-state index is 11.4. The van der Waals surface area contributed by atoms with Gasteiger partial charge in [0.05, 0.1) is 27.6 Å². The first-order valence-corrected chi connectivity index (χ1v) is 6.85. The zero-order chi connectivity index (χ0) is 14.0. The first-order valence-electron chi connectivity index (χ1n) is 5.39. The molecule has 4 nitrogen and oxygen atoms in total. The Labute approximate surface area is 129 Å². The Hall–Kier alpha value is -1.47. The summed E-state index contributed by atoms with van der Waals surface area (Å²) in [6.07, 6.45) is 0. The zero-order valence-electron chi connectivity index (χ0n) is 9.78. The molecule has 0 aliphatic heterocycles. The van der Waals surface area contributed by atoms with Gasteiger partial charge in [0.25, 0.3) is 5.91 Å². The number of benzene rings is 2. The summed E-state index contributed by atoms with van der Waals surface area (Å²) >= 11 is 8.28. The Morgan fingerprint density at radius 2 is 2.00 bits per heavy atom. The molecule has 0 aliphatic rings. The largest absolute Gasteiger partial charge is 0.397 e. The van der Waals surface area contributed by atoms with Gasteiger partial charge in [0.1, 0.15) is 0 Å². The number of para-hydroxylation sites is 1. The van der Waals surface area contributed by atoms with Crippen molar-refractivity contribution in [3.8, 4) is 0 Å². The van der Waals surface area contributed by atoms with Crippen LogP contribution in [0.25, 0.3) is 0 Å². The number of anilines is 3. The molecule has 2 aromatic carbocycles. The van der Waals surface area contributed by atoms with Gasteiger partial charge in [-0.3, -0.25) is 4.79 Å². The number of amides is 1. The van der Waals surface area contributed by atoms with Crippen LogP contribution in [0.4, 0.5) is 17.1 Å². The number of rotatable bonds is 3. The third kappa shape index (κ3) is 3.10. The molecule has 2 aromatic rings. The predicted molar refractivity (Wildman–Crippen MR) is 86.8 cm³/mol. The van der Waals surface area contributed by atoms with Crippen LogP contribution < -0.4 is 16.8 Å². The molecule has 0 heterocycles. The lowest BCUT2D eigenvalue weighted by Gasteiger charge is -2.14. The van der Waals surface area contributed by atoms with E-state index in [0.29, 0.717) is 27.6 Å². The summed E-state index contributed by atoms with van der Waals surface area (Å²) in [6.45, 7) is 0. The van der Waals surface area contributed by atoms with E-state index in [1.807, 2.05) is 12.1 Å². The van der Waals surface area contributed by atoms with Gasteiger partial charge >= 0.3 is 0 Å². The van der Waals surface area contributed by atoms with E-state index in [0.717, 1.165) is 3.57 Å². The van der Waals surface area contributed by atoms with Crippen LogP contribution in [0.1, 0.15) is 10.4 Å². The van der Waals surface area contributed by atoms with Gasteiger partial charge in [-0.25, -0.2) is 0 Å². The van der Waals surface area contributed by atoms with Crippen molar-refractivity contribution < 1.29 is 4.79 Å². The molecule has 6 heteroatoms. The number of halogens is 2. The number of primary amides is 1. The van der Waals surface area contributed by atoms with Crippen LogP contribution in [0.5, 0.6) is 0 Å². The number of nitrogen functional groups attached to an aromatic ring is 1. The number of hydrogen-bond donors (Lipinski definition) is 3. The van der Waals surface area contributed by atoms with Gasteiger partial charge in [0.2, 0.25) is 0 Å². The van der Waals surface area contributed by atoms with Crippen LogP contribution in [-0.4, -0.2) is 5.91 Å². The fourth-order valence-corrected chi connectivity index (χ4v) is 2.30. The van der Waals surface area contributed by atoms with Gasteiger partial charge in [-0.15, -0.1) is 0 Å². The third-order valence-electron chi connectivity index (χ3n) is 2.55. The maximum atomic E-state index is 11.4. The lowest BCUT2D eigenvalue weighted by Crippen LogP contribution is -2.14. The lowest BCUT2D eigenvalue weighted by molar-refractivity contribution is 0.100. The van der Waals surface area contributed by atoms with Crippen molar-refractivity contribution in [2.24, 2.45) is 5.73 Å². The summed E-state index contributed by atoms with van der Waals surface area (Å²) < 4.78 is 1.01. The van der Waals surface area contributed by atoms with Crippen molar-refractivity contribution in [2.45, 2.75) is 0 Å². The average molecular weight is 388 g/mol. The zero-order valence-corrected chi connectivity index (χ0v) is 12.7. The smallest absolute Gasteiger partial charge is 0.250 e. The molecule has 1 amide bonds. The van der Waals surface area contributed by atoms with Crippen molar-refractivity contribution in [3.05, 3.63) is 50.6 Å². The van der Waals surface area contributed by atoms with Crippen LogP contribution in [-0.2, 0) is 0 Å². The summed E-state index contributed by atoms with van der Waals surface area (Å²) in [7, 11) is 0. The molecular weight excluding hydrogens is 377 g/mol. The van der Waals surface area contributed by atoms with Crippen LogP contribution in [0.2, 0.25) is 5.02 Å². The third-order valence-corrected chi connectivity index (χ3v) is 3.55. The van der Waals surface area contributed by atoms with Gasteiger partial charge in [0.15, 0.2) is 0 Å². The fourth-order valence-electron chi connectivity index (χ4n) is 1.64. The van der Waals surface area contributed by atoms with Crippen molar-refractivity contribution in [1.29, 1.82) is 0 Å². The van der Waals surface area contributed by atoms with Gasteiger partial charge in [0, 0.05) is 3.57 Å². The van der Waals surface area contributed by atoms with Crippen LogP contribution >= 0.6 is 34.2 Å². The molecule has 0 unspecified atom stereocenters. The molecule has 0 spiro atoms. The molecule has 0 saturated heterocycles. The molecule has 98 valence electrons. The van der Waals surface area contributed by atoms with E-state index < -0.39 is 5.91 Å². The Morgan fingerprint density at radius 1 is 1.26 bits per heavy atom. The number of carbonyl (C=O) groups excluding carboxylic acids is 1. The molecule has 0 aromatic heterocycles. The second-order valence-corrected chi connectivity index (χ2v) is 5.54. The molecule has 0 saturated carbocycles. The molecule has 0 aliphatic carbocycles. The number of nitrogens with one attached hydrogen (secondary N) is 1. The van der Waals surface area contributed by atoms with Crippen LogP contribution in [0, 0.1) is 3.57 Å². The van der Waals surface area contributed by atoms with Crippen LogP contribution in [0.15, 0.2) is 36.4 Å². The summed E-state index contributed by atoms with van der Waals surface area (Å²) in [6, 6.07) is 10.5. The molecule has 5 N–H and O–H groups in total. The minimum atomic E-state index is -0.545. The second kappa shape index (κ2) is 5.66. The summed E-state index contributed by atoms with van der Waals surface area (Å²) in [5, 5.41) is 3.61. The molecular formula is C13H11ClIN3O. The summed E-state index contributed by atoms with van der Waals surface area (Å²) in [5.41, 5.74) is 13.1. The topological polar surface area (TPSA) is 81.1 Å². The van der Waals surface area contributed by atoms with E-state index in [1.54, 1.807) is 24.3 Å². The number of carbonyl (C=O) groups is 1. The Balaban J connectivity index is 2.49. The van der Waals surface area contributed by atoms with Gasteiger partial charge in [-0.2, -0.15) is 0 Å². The molecule has 0 fully saturated rings. The van der Waals surface area contributed by atoms with Crippen molar-refractivity contribution in [3.63, 3.8) is 0 Å². The highest BCUT2D eigenvalue weighted by Crippen LogP contribution is 2.31. The highest BCUT2D eigenvalue weighted by Gasteiger charge is 2.12. The first kappa shape index (κ1) is 14.0. The Bertz CT molecular complexity index is 646. The molecule has 2 rings (SSSR count). The van der Waals surface area contributed by atoms with E-state index in [9.17, 15) is 4.79 Å². The van der Waals surface area contributed by atoms with E-state index in [4.69, 9.17) is 23.1 Å². The SMILES string of the molecule is NC(=O)c1cccc(N)c1Nc1cc(I)ccc1Cl. The van der Waals surface area contributed by atoms with E-state index in [1.165, 1.54) is 0 Å². The first-order chi connectivity index (χ1) is 8.99. The number of nitrogens with two attached hydrogens (primary N) is 2. The molecule has 19 heavy (non-hydrogen) atoms. The highest BCUT2D eigenvalue weighted by molar-refractivity contribution is 14.1. The van der Waals surface area contributed by atoms with E-state index >= 15 is 0 Å². The van der Waals surface area contributed by atoms with Crippen molar-refractivity contribution >= 4 is 57.2 Å². The Kier molecular flexibility index (Phi) is 4.16. The Morgan fingerprint density at radius 3 is 2.68 bits per heavy atom. The van der Waals surface area contributed by atoms with Crippen molar-refractivity contribution in [1.82, 2.24) is 0 Å². The standard InChI is InChI=1S/C13H11ClIN3O/c14-9-5-4-7(15)6-11(9)18-12-8(13(17)19)2-1-3-10(12)16/h1-6,18H,16H2,(H2,17,19). The quantitative estimate of drug-likeness (QED) is 0.558. The van der Waals surface area contributed by atoms with E-state index in [2.05, 4.69) is 27.9 Å². The van der Waals surface area contributed by atoms with Gasteiger partial charge in [-0.1, -0.05) is 17.7 Å². The second-order valence-electron chi connectivity index (χ2n) is 3.88. The van der Waals surface area contributed by atoms with Crippen LogP contribution in [0.3, 0.4) is 0 Å². The minimum Gasteiger partial charge on any atom is -0.397 e. The molecule has 0 atom stereocenters.